The molecule has 0 fully saturated rings. The molecule has 0 radical (unpaired) electrons. The molecule has 0 saturated heterocycles. The minimum absolute atomic E-state index is 0.0574. The van der Waals surface area contributed by atoms with Gasteiger partial charge in [0.05, 0.1) is 0 Å². The third kappa shape index (κ3) is 4.47. The van der Waals surface area contributed by atoms with E-state index >= 15 is 0 Å². The molecule has 0 aliphatic carbocycles. The van der Waals surface area contributed by atoms with Gasteiger partial charge in [-0.2, -0.15) is 0 Å². The number of hydrogen-bond donors (Lipinski definition) is 1. The summed E-state index contributed by atoms with van der Waals surface area (Å²) in [6.45, 7) is 11.6. The largest absolute Gasteiger partial charge is 0.317 e. The lowest BCUT2D eigenvalue weighted by Gasteiger charge is -2.33. The van der Waals surface area contributed by atoms with Crippen molar-refractivity contribution >= 4 is 5.91 Å². The van der Waals surface area contributed by atoms with E-state index in [2.05, 4.69) is 57.3 Å². The fourth-order valence-corrected chi connectivity index (χ4v) is 3.27. The van der Waals surface area contributed by atoms with Crippen molar-refractivity contribution in [2.24, 2.45) is 5.92 Å². The van der Waals surface area contributed by atoms with E-state index < -0.39 is 0 Å². The van der Waals surface area contributed by atoms with Gasteiger partial charge in [-0.25, -0.2) is 0 Å². The van der Waals surface area contributed by atoms with E-state index in [-0.39, 0.29) is 18.1 Å². The number of carbonyl (C=O) groups excluding carboxylic acids is 1. The van der Waals surface area contributed by atoms with Gasteiger partial charge >= 0.3 is 0 Å². The topological polar surface area (TPSA) is 32.3 Å². The highest BCUT2D eigenvalue weighted by atomic mass is 16.2. The molecule has 3 heteroatoms. The first kappa shape index (κ1) is 18.7. The van der Waals surface area contributed by atoms with Crippen LogP contribution >= 0.6 is 0 Å². The van der Waals surface area contributed by atoms with Crippen LogP contribution in [0.1, 0.15) is 53.0 Å². The number of rotatable bonds is 8. The molecule has 0 saturated carbocycles. The minimum atomic E-state index is 0.0574. The van der Waals surface area contributed by atoms with E-state index in [0.29, 0.717) is 5.92 Å². The standard InChI is InChI=1S/C21H32N2O/c1-15(2)13-14-22-20-17(4)18(5)21(24)23(20)16(3)11-12-19-9-7-6-8-10-19/h6-10,15-16,20,22H,11-14H2,1-5H3/t16-,20+/m1/s1. The van der Waals surface area contributed by atoms with Gasteiger partial charge in [-0.1, -0.05) is 44.2 Å². The molecule has 24 heavy (non-hydrogen) atoms. The van der Waals surface area contributed by atoms with Crippen molar-refractivity contribution < 1.29 is 4.79 Å². The van der Waals surface area contributed by atoms with E-state index in [9.17, 15) is 4.79 Å². The molecule has 1 aliphatic rings. The zero-order valence-corrected chi connectivity index (χ0v) is 15.8. The molecule has 2 atom stereocenters. The highest BCUT2D eigenvalue weighted by Gasteiger charge is 2.37. The lowest BCUT2D eigenvalue weighted by Crippen LogP contribution is -2.50. The molecule has 0 spiro atoms. The van der Waals surface area contributed by atoms with Gasteiger partial charge in [0.25, 0.3) is 5.91 Å². The number of aryl methyl sites for hydroxylation is 1. The van der Waals surface area contributed by atoms with Crippen molar-refractivity contribution in [3.8, 4) is 0 Å². The molecule has 0 unspecified atom stereocenters. The summed E-state index contributed by atoms with van der Waals surface area (Å²) in [5.74, 6) is 0.860. The lowest BCUT2D eigenvalue weighted by atomic mass is 10.0. The van der Waals surface area contributed by atoms with Crippen LogP contribution in [0.25, 0.3) is 0 Å². The van der Waals surface area contributed by atoms with E-state index in [1.54, 1.807) is 0 Å². The minimum Gasteiger partial charge on any atom is -0.317 e. The Morgan fingerprint density at radius 3 is 2.38 bits per heavy atom. The second-order valence-electron chi connectivity index (χ2n) is 7.43. The molecule has 3 nitrogen and oxygen atoms in total. The Labute approximate surface area is 147 Å². The zero-order chi connectivity index (χ0) is 17.7. The molecule has 0 aromatic heterocycles. The van der Waals surface area contributed by atoms with Gasteiger partial charge in [0.1, 0.15) is 6.17 Å². The first-order valence-electron chi connectivity index (χ1n) is 9.19. The van der Waals surface area contributed by atoms with Crippen LogP contribution in [0.15, 0.2) is 41.5 Å². The average Bonchev–Trinajstić information content (AvgIpc) is 2.77. The van der Waals surface area contributed by atoms with Gasteiger partial charge in [-0.05, 0) is 63.6 Å². The normalized spacial score (nSPS) is 19.5. The molecule has 1 amide bonds. The van der Waals surface area contributed by atoms with E-state index in [0.717, 1.165) is 31.4 Å². The van der Waals surface area contributed by atoms with Crippen molar-refractivity contribution in [2.45, 2.75) is 66.1 Å². The maximum Gasteiger partial charge on any atom is 0.251 e. The van der Waals surface area contributed by atoms with Gasteiger partial charge in [-0.15, -0.1) is 0 Å². The summed E-state index contributed by atoms with van der Waals surface area (Å²) in [4.78, 5) is 14.8. The number of nitrogens with one attached hydrogen (secondary N) is 1. The fraction of sp³-hybridized carbons (Fsp3) is 0.571. The van der Waals surface area contributed by atoms with Crippen molar-refractivity contribution in [3.05, 3.63) is 47.0 Å². The Morgan fingerprint density at radius 1 is 1.08 bits per heavy atom. The Hall–Kier alpha value is -1.61. The SMILES string of the molecule is CC1=C(C)[C@@H](NCCC(C)C)N([C@H](C)CCc2ccccc2)C1=O. The van der Waals surface area contributed by atoms with E-state index in [1.165, 1.54) is 11.1 Å². The molecular formula is C21H32N2O. The predicted octanol–water partition coefficient (Wildman–Crippen LogP) is 4.15. The van der Waals surface area contributed by atoms with Crippen molar-refractivity contribution in [3.63, 3.8) is 0 Å². The Bertz CT molecular complexity index is 577. The fourth-order valence-electron chi connectivity index (χ4n) is 3.27. The smallest absolute Gasteiger partial charge is 0.251 e. The van der Waals surface area contributed by atoms with Crippen LogP contribution in [0, 0.1) is 5.92 Å². The van der Waals surface area contributed by atoms with Crippen LogP contribution in [0.4, 0.5) is 0 Å². The molecule has 1 aliphatic heterocycles. The highest BCUT2D eigenvalue weighted by molar-refractivity contribution is 5.97. The van der Waals surface area contributed by atoms with Gasteiger partial charge in [0.15, 0.2) is 0 Å². The second kappa shape index (κ2) is 8.48. The predicted molar refractivity (Wildman–Crippen MR) is 101 cm³/mol. The maximum atomic E-state index is 12.7. The first-order valence-corrected chi connectivity index (χ1v) is 9.19. The average molecular weight is 328 g/mol. The second-order valence-corrected chi connectivity index (χ2v) is 7.43. The number of amides is 1. The van der Waals surface area contributed by atoms with Crippen molar-refractivity contribution in [1.82, 2.24) is 10.2 Å². The summed E-state index contributed by atoms with van der Waals surface area (Å²) in [6, 6.07) is 10.7. The van der Waals surface area contributed by atoms with Crippen molar-refractivity contribution in [1.29, 1.82) is 0 Å². The molecule has 2 rings (SSSR count). The van der Waals surface area contributed by atoms with Gasteiger partial charge in [0.2, 0.25) is 0 Å². The number of nitrogens with zero attached hydrogens (tertiary/aromatic N) is 1. The zero-order valence-electron chi connectivity index (χ0n) is 15.8. The van der Waals surface area contributed by atoms with Crippen molar-refractivity contribution in [2.75, 3.05) is 6.54 Å². The summed E-state index contributed by atoms with van der Waals surface area (Å²) in [7, 11) is 0. The molecule has 1 aromatic rings. The van der Waals surface area contributed by atoms with E-state index in [1.807, 2.05) is 17.9 Å². The maximum absolute atomic E-state index is 12.7. The Kier molecular flexibility index (Phi) is 6.61. The van der Waals surface area contributed by atoms with Crippen LogP contribution in [0.3, 0.4) is 0 Å². The molecule has 0 bridgehead atoms. The molecule has 132 valence electrons. The Morgan fingerprint density at radius 2 is 1.75 bits per heavy atom. The monoisotopic (exact) mass is 328 g/mol. The molecule has 1 heterocycles. The van der Waals surface area contributed by atoms with Crippen LogP contribution in [0.2, 0.25) is 0 Å². The van der Waals surface area contributed by atoms with Gasteiger partial charge < -0.3 is 4.90 Å². The number of hydrogen-bond acceptors (Lipinski definition) is 2. The molecule has 1 aromatic carbocycles. The first-order chi connectivity index (χ1) is 11.4. The summed E-state index contributed by atoms with van der Waals surface area (Å²) < 4.78 is 0. The van der Waals surface area contributed by atoms with Gasteiger partial charge in [0, 0.05) is 11.6 Å². The third-order valence-electron chi connectivity index (χ3n) is 5.06. The number of benzene rings is 1. The molecular weight excluding hydrogens is 296 g/mol. The van der Waals surface area contributed by atoms with Crippen LogP contribution in [-0.4, -0.2) is 29.6 Å². The quantitative estimate of drug-likeness (QED) is 0.777. The van der Waals surface area contributed by atoms with Crippen LogP contribution in [0.5, 0.6) is 0 Å². The summed E-state index contributed by atoms with van der Waals surface area (Å²) in [5, 5.41) is 3.60. The summed E-state index contributed by atoms with van der Waals surface area (Å²) in [6.07, 6.45) is 3.17. The number of carbonyl (C=O) groups is 1. The summed E-state index contributed by atoms with van der Waals surface area (Å²) >= 11 is 0. The van der Waals surface area contributed by atoms with Gasteiger partial charge in [-0.3, -0.25) is 10.1 Å². The highest BCUT2D eigenvalue weighted by Crippen LogP contribution is 2.27. The van der Waals surface area contributed by atoms with E-state index in [4.69, 9.17) is 0 Å². The lowest BCUT2D eigenvalue weighted by molar-refractivity contribution is -0.129. The summed E-state index contributed by atoms with van der Waals surface area (Å²) in [5.41, 5.74) is 3.42. The van der Waals surface area contributed by atoms with Crippen LogP contribution < -0.4 is 5.32 Å². The Balaban J connectivity index is 2.00. The molecule has 1 N–H and O–H groups in total. The third-order valence-corrected chi connectivity index (χ3v) is 5.06. The van der Waals surface area contributed by atoms with Crippen LogP contribution in [-0.2, 0) is 11.2 Å².